The number of likely N-dealkylation sites (N-methyl/N-ethyl adjacent to an activating group) is 1. The first-order valence-electron chi connectivity index (χ1n) is 18.3. The molecular formula is C38H56N8O6Si. The molecule has 4 heterocycles. The Kier molecular flexibility index (Phi) is 11.6. The molecule has 53 heavy (non-hydrogen) atoms. The molecule has 3 amide bonds. The summed E-state index contributed by atoms with van der Waals surface area (Å²) in [6, 6.07) is 8.84. The van der Waals surface area contributed by atoms with Crippen molar-refractivity contribution < 1.29 is 28.7 Å². The van der Waals surface area contributed by atoms with Crippen LogP contribution in [0.3, 0.4) is 0 Å². The maximum Gasteiger partial charge on any atom is 0.409 e. The molecule has 14 nitrogen and oxygen atoms in total. The lowest BCUT2D eigenvalue weighted by Crippen LogP contribution is -2.63. The van der Waals surface area contributed by atoms with Crippen molar-refractivity contribution in [1.82, 2.24) is 20.2 Å². The van der Waals surface area contributed by atoms with Crippen LogP contribution in [0.2, 0.25) is 18.1 Å². The fourth-order valence-electron chi connectivity index (χ4n) is 6.50. The van der Waals surface area contributed by atoms with Crippen molar-refractivity contribution in [1.29, 1.82) is 0 Å². The Morgan fingerprint density at radius 1 is 0.925 bits per heavy atom. The first-order chi connectivity index (χ1) is 24.7. The van der Waals surface area contributed by atoms with Crippen molar-refractivity contribution in [2.45, 2.75) is 84.3 Å². The monoisotopic (exact) mass is 748 g/mol. The van der Waals surface area contributed by atoms with E-state index in [9.17, 15) is 19.5 Å². The number of nitrogens with zero attached hydrogens (tertiary/aromatic N) is 5. The van der Waals surface area contributed by atoms with Gasteiger partial charge in [-0.3, -0.25) is 15.1 Å². The zero-order chi connectivity index (χ0) is 38.9. The van der Waals surface area contributed by atoms with E-state index in [1.165, 1.54) is 0 Å². The molecule has 0 aliphatic carbocycles. The molecule has 3 aromatic rings. The van der Waals surface area contributed by atoms with E-state index in [0.29, 0.717) is 35.4 Å². The molecule has 5 rings (SSSR count). The average molecular weight is 749 g/mol. The molecule has 2 aliphatic rings. The number of ether oxygens (including phenoxy) is 1. The summed E-state index contributed by atoms with van der Waals surface area (Å²) in [6.07, 6.45) is 1.09. The SMILES string of the molecule is CC1CN(c2ccncc2NC(=O)c2nc3cc(N4CCN(C)CC4)ccc3cc2NC(=O)O)CC(NC(=O)OC(C)(C)C)C1O[Si](C)(C)C(C)(C)C. The second-order valence-electron chi connectivity index (χ2n) is 16.8. The van der Waals surface area contributed by atoms with Gasteiger partial charge in [0.1, 0.15) is 5.60 Å². The molecule has 0 radical (unpaired) electrons. The number of rotatable bonds is 8. The number of fused-ring (bicyclic) bond motifs is 1. The summed E-state index contributed by atoms with van der Waals surface area (Å²) in [4.78, 5) is 54.7. The summed E-state index contributed by atoms with van der Waals surface area (Å²) in [5.41, 5.74) is 1.99. The zero-order valence-corrected chi connectivity index (χ0v) is 33.7. The number of carboxylic acid groups (broad SMARTS) is 1. The highest BCUT2D eigenvalue weighted by atomic mass is 28.4. The van der Waals surface area contributed by atoms with Crippen LogP contribution in [-0.2, 0) is 9.16 Å². The molecular weight excluding hydrogens is 693 g/mol. The minimum absolute atomic E-state index is 0.0162. The molecule has 0 saturated carbocycles. The van der Waals surface area contributed by atoms with Crippen molar-refractivity contribution in [2.24, 2.45) is 5.92 Å². The van der Waals surface area contributed by atoms with Crippen LogP contribution >= 0.6 is 0 Å². The van der Waals surface area contributed by atoms with Gasteiger partial charge in [-0.15, -0.1) is 0 Å². The van der Waals surface area contributed by atoms with Gasteiger partial charge < -0.3 is 39.6 Å². The molecule has 4 N–H and O–H groups in total. The van der Waals surface area contributed by atoms with Gasteiger partial charge in [-0.05, 0) is 70.2 Å². The van der Waals surface area contributed by atoms with E-state index in [0.717, 1.165) is 31.9 Å². The maximum absolute atomic E-state index is 14.1. The molecule has 2 aliphatic heterocycles. The number of alkyl carbamates (subject to hydrolysis) is 1. The largest absolute Gasteiger partial charge is 0.465 e. The number of amides is 3. The quantitative estimate of drug-likeness (QED) is 0.187. The lowest BCUT2D eigenvalue weighted by molar-refractivity contribution is 0.0336. The van der Waals surface area contributed by atoms with E-state index < -0.39 is 38.1 Å². The number of benzene rings is 1. The van der Waals surface area contributed by atoms with Crippen LogP contribution in [0.1, 0.15) is 59.0 Å². The summed E-state index contributed by atoms with van der Waals surface area (Å²) < 4.78 is 12.6. The Hall–Kier alpha value is -4.47. The maximum atomic E-state index is 14.1. The van der Waals surface area contributed by atoms with Crippen LogP contribution in [0.5, 0.6) is 0 Å². The van der Waals surface area contributed by atoms with E-state index in [1.54, 1.807) is 18.5 Å². The van der Waals surface area contributed by atoms with Crippen LogP contribution in [0, 0.1) is 5.92 Å². The molecule has 1 aromatic carbocycles. The highest BCUT2D eigenvalue weighted by Gasteiger charge is 2.45. The van der Waals surface area contributed by atoms with Gasteiger partial charge >= 0.3 is 12.2 Å². The van der Waals surface area contributed by atoms with Crippen molar-refractivity contribution >= 4 is 60.1 Å². The highest BCUT2D eigenvalue weighted by Crippen LogP contribution is 2.40. The van der Waals surface area contributed by atoms with E-state index in [1.807, 2.05) is 45.0 Å². The molecule has 288 valence electrons. The number of carbonyl (C=O) groups is 3. The number of pyridine rings is 2. The Morgan fingerprint density at radius 2 is 1.62 bits per heavy atom. The summed E-state index contributed by atoms with van der Waals surface area (Å²) in [6.45, 7) is 23.1. The van der Waals surface area contributed by atoms with Crippen molar-refractivity contribution in [3.8, 4) is 0 Å². The van der Waals surface area contributed by atoms with Crippen LogP contribution in [0.4, 0.5) is 32.3 Å². The van der Waals surface area contributed by atoms with Gasteiger partial charge in [0, 0.05) is 62.5 Å². The number of hydrogen-bond donors (Lipinski definition) is 4. The number of carbonyl (C=O) groups excluding carboxylic acids is 2. The van der Waals surface area contributed by atoms with Crippen LogP contribution in [0.25, 0.3) is 10.9 Å². The Bertz CT molecular complexity index is 1820. The molecule has 2 aromatic heterocycles. The Labute approximate surface area is 313 Å². The molecule has 0 bridgehead atoms. The number of anilines is 4. The van der Waals surface area contributed by atoms with Gasteiger partial charge in [0.15, 0.2) is 14.0 Å². The molecule has 3 unspecified atom stereocenters. The number of aromatic nitrogens is 2. The minimum atomic E-state index is -2.24. The predicted molar refractivity (Wildman–Crippen MR) is 212 cm³/mol. The van der Waals surface area contributed by atoms with E-state index in [2.05, 4.69) is 83.5 Å². The lowest BCUT2D eigenvalue weighted by Gasteiger charge is -2.48. The fourth-order valence-corrected chi connectivity index (χ4v) is 7.93. The highest BCUT2D eigenvalue weighted by molar-refractivity contribution is 6.74. The van der Waals surface area contributed by atoms with Gasteiger partial charge in [-0.1, -0.05) is 33.8 Å². The molecule has 3 atom stereocenters. The first kappa shape index (κ1) is 39.7. The third kappa shape index (κ3) is 9.75. The van der Waals surface area contributed by atoms with E-state index >= 15 is 0 Å². The smallest absolute Gasteiger partial charge is 0.409 e. The Balaban J connectivity index is 1.45. The van der Waals surface area contributed by atoms with Gasteiger partial charge in [-0.25, -0.2) is 14.6 Å². The Morgan fingerprint density at radius 3 is 2.26 bits per heavy atom. The molecule has 2 saturated heterocycles. The number of nitrogens with one attached hydrogen (secondary N) is 3. The van der Waals surface area contributed by atoms with Crippen LogP contribution in [0.15, 0.2) is 42.7 Å². The topological polar surface area (TPSA) is 161 Å². The van der Waals surface area contributed by atoms with Gasteiger partial charge in [-0.2, -0.15) is 0 Å². The van der Waals surface area contributed by atoms with Crippen LogP contribution in [-0.4, -0.2) is 110 Å². The molecule has 0 spiro atoms. The second-order valence-corrected chi connectivity index (χ2v) is 21.6. The summed E-state index contributed by atoms with van der Waals surface area (Å²) in [5, 5.41) is 18.7. The number of hydrogen-bond acceptors (Lipinski definition) is 10. The number of piperazine rings is 1. The summed E-state index contributed by atoms with van der Waals surface area (Å²) >= 11 is 0. The first-order valence-corrected chi connectivity index (χ1v) is 21.2. The van der Waals surface area contributed by atoms with Crippen molar-refractivity contribution in [3.63, 3.8) is 0 Å². The molecule has 2 fully saturated rings. The standard InChI is InChI=1S/C38H56N8O6Si/c1-24-22-46(23-30(43-36(50)51-37(2,3)4)33(24)52-53(9,10)38(5,6)7)31-13-14-39-21-29(31)41-34(47)32-28(42-35(48)49)19-25-11-12-26(20-27(25)40-32)45-17-15-44(8)16-18-45/h11-14,19-21,24,30,33,42H,15-18,22-23H2,1-10H3,(H,41,47)(H,43,50)(H,48,49). The third-order valence-corrected chi connectivity index (χ3v) is 14.8. The average Bonchev–Trinajstić information content (AvgIpc) is 3.04. The summed E-state index contributed by atoms with van der Waals surface area (Å²) in [7, 11) is -0.137. The molecule has 15 heteroatoms. The van der Waals surface area contributed by atoms with Gasteiger partial charge in [0.05, 0.1) is 40.9 Å². The van der Waals surface area contributed by atoms with Gasteiger partial charge in [0.25, 0.3) is 5.91 Å². The van der Waals surface area contributed by atoms with Crippen molar-refractivity contribution in [2.75, 3.05) is 66.7 Å². The zero-order valence-electron chi connectivity index (χ0n) is 32.7. The normalized spacial score (nSPS) is 20.2. The second kappa shape index (κ2) is 15.5. The van der Waals surface area contributed by atoms with E-state index in [4.69, 9.17) is 14.1 Å². The lowest BCUT2D eigenvalue weighted by atomic mass is 9.92. The van der Waals surface area contributed by atoms with E-state index in [-0.39, 0.29) is 28.4 Å². The predicted octanol–water partition coefficient (Wildman–Crippen LogP) is 6.46. The number of piperidine rings is 1. The van der Waals surface area contributed by atoms with Gasteiger partial charge in [0.2, 0.25) is 0 Å². The van der Waals surface area contributed by atoms with Crippen LogP contribution < -0.4 is 25.8 Å². The van der Waals surface area contributed by atoms with Crippen molar-refractivity contribution in [3.05, 3.63) is 48.4 Å². The third-order valence-electron chi connectivity index (χ3n) is 10.3. The fraction of sp³-hybridized carbons (Fsp3) is 0.553. The summed E-state index contributed by atoms with van der Waals surface area (Å²) in [5.74, 6) is -0.611. The minimum Gasteiger partial charge on any atom is -0.465 e.